The number of carboxylic acid groups (broad SMARTS) is 1. The molecule has 0 unspecified atom stereocenters. The monoisotopic (exact) mass is 282 g/mol. The Morgan fingerprint density at radius 3 is 2.68 bits per heavy atom. The molecule has 0 aliphatic carbocycles. The molecule has 1 aromatic heterocycles. The first-order chi connectivity index (χ1) is 8.93. The third kappa shape index (κ3) is 2.26. The second kappa shape index (κ2) is 4.89. The van der Waals surface area contributed by atoms with Gasteiger partial charge in [-0.25, -0.2) is 4.79 Å². The molecule has 2 rings (SSSR count). The van der Waals surface area contributed by atoms with Crippen molar-refractivity contribution in [1.82, 2.24) is 9.13 Å². The molecule has 6 nitrogen and oxygen atoms in total. The van der Waals surface area contributed by atoms with Gasteiger partial charge in [0, 0.05) is 13.6 Å². The molecule has 2 aromatic rings. The van der Waals surface area contributed by atoms with Gasteiger partial charge in [0.05, 0.1) is 22.3 Å². The molecular weight excluding hydrogens is 272 g/mol. The van der Waals surface area contributed by atoms with Crippen LogP contribution >= 0.6 is 11.6 Å². The summed E-state index contributed by atoms with van der Waals surface area (Å²) in [6, 6.07) is 4.81. The highest BCUT2D eigenvalue weighted by molar-refractivity contribution is 6.35. The lowest BCUT2D eigenvalue weighted by atomic mass is 10.2. The first kappa shape index (κ1) is 13.4. The van der Waals surface area contributed by atoms with Crippen molar-refractivity contribution < 1.29 is 9.90 Å². The molecule has 0 saturated heterocycles. The predicted octanol–water partition coefficient (Wildman–Crippen LogP) is 0.828. The molecule has 0 fully saturated rings. The number of carboxylic acids is 1. The third-order valence-corrected chi connectivity index (χ3v) is 3.19. The van der Waals surface area contributed by atoms with Crippen molar-refractivity contribution in [2.24, 2.45) is 7.05 Å². The summed E-state index contributed by atoms with van der Waals surface area (Å²) in [5, 5.41) is 9.10. The van der Waals surface area contributed by atoms with Crippen molar-refractivity contribution in [2.75, 3.05) is 0 Å². The molecule has 0 saturated carbocycles. The Labute approximate surface area is 112 Å². The van der Waals surface area contributed by atoms with E-state index in [0.717, 1.165) is 4.57 Å². The minimum Gasteiger partial charge on any atom is -0.481 e. The first-order valence-corrected chi connectivity index (χ1v) is 5.91. The highest BCUT2D eigenvalue weighted by Crippen LogP contribution is 2.18. The molecule has 1 heterocycles. The van der Waals surface area contributed by atoms with Crippen molar-refractivity contribution in [3.8, 4) is 0 Å². The molecule has 0 aliphatic heterocycles. The number of fused-ring (bicyclic) bond motifs is 1. The highest BCUT2D eigenvalue weighted by atomic mass is 35.5. The second-order valence-electron chi connectivity index (χ2n) is 4.08. The van der Waals surface area contributed by atoms with Gasteiger partial charge in [0.25, 0.3) is 5.56 Å². The lowest BCUT2D eigenvalue weighted by molar-refractivity contribution is -0.137. The molecule has 1 aromatic carbocycles. The number of halogens is 1. The van der Waals surface area contributed by atoms with Gasteiger partial charge in [0.2, 0.25) is 0 Å². The fraction of sp³-hybridized carbons (Fsp3) is 0.250. The number of rotatable bonds is 3. The van der Waals surface area contributed by atoms with Crippen LogP contribution < -0.4 is 11.2 Å². The Hall–Kier alpha value is -2.08. The van der Waals surface area contributed by atoms with Crippen LogP contribution in [0.25, 0.3) is 10.9 Å². The summed E-state index contributed by atoms with van der Waals surface area (Å²) in [6.45, 7) is -0.179. The van der Waals surface area contributed by atoms with E-state index >= 15 is 0 Å². The van der Waals surface area contributed by atoms with Crippen LogP contribution in [0.5, 0.6) is 0 Å². The van der Waals surface area contributed by atoms with Gasteiger partial charge < -0.3 is 5.11 Å². The summed E-state index contributed by atoms with van der Waals surface area (Å²) < 4.78 is 2.17. The predicted molar refractivity (Wildman–Crippen MR) is 70.7 cm³/mol. The van der Waals surface area contributed by atoms with Crippen LogP contribution in [0, 0.1) is 0 Å². The molecular formula is C12H11ClN2O4. The fourth-order valence-electron chi connectivity index (χ4n) is 1.91. The fourth-order valence-corrected chi connectivity index (χ4v) is 2.16. The summed E-state index contributed by atoms with van der Waals surface area (Å²) in [4.78, 5) is 34.8. The Kier molecular flexibility index (Phi) is 3.44. The number of aryl methyl sites for hydroxylation is 1. The van der Waals surface area contributed by atoms with E-state index in [0.29, 0.717) is 5.52 Å². The van der Waals surface area contributed by atoms with Gasteiger partial charge in [-0.2, -0.15) is 0 Å². The van der Waals surface area contributed by atoms with E-state index in [2.05, 4.69) is 0 Å². The minimum absolute atomic E-state index is 0.179. The van der Waals surface area contributed by atoms with Crippen LogP contribution in [0.2, 0.25) is 5.02 Å². The molecule has 0 atom stereocenters. The topological polar surface area (TPSA) is 81.3 Å². The van der Waals surface area contributed by atoms with Crippen molar-refractivity contribution in [1.29, 1.82) is 0 Å². The maximum atomic E-state index is 12.2. The molecule has 0 radical (unpaired) electrons. The maximum Gasteiger partial charge on any atom is 0.331 e. The second-order valence-corrected chi connectivity index (χ2v) is 4.48. The van der Waals surface area contributed by atoms with Crippen LogP contribution in [0.3, 0.4) is 0 Å². The molecule has 0 amide bonds. The highest BCUT2D eigenvalue weighted by Gasteiger charge is 2.13. The quantitative estimate of drug-likeness (QED) is 0.904. The Morgan fingerprint density at radius 1 is 1.37 bits per heavy atom. The molecule has 7 heteroatoms. The van der Waals surface area contributed by atoms with Crippen LogP contribution in [-0.4, -0.2) is 20.2 Å². The largest absolute Gasteiger partial charge is 0.481 e. The molecule has 100 valence electrons. The summed E-state index contributed by atoms with van der Waals surface area (Å²) in [6.07, 6.45) is -0.300. The Balaban J connectivity index is 2.79. The zero-order valence-electron chi connectivity index (χ0n) is 10.1. The summed E-state index contributed by atoms with van der Waals surface area (Å²) >= 11 is 5.98. The maximum absolute atomic E-state index is 12.2. The van der Waals surface area contributed by atoms with Gasteiger partial charge in [0.15, 0.2) is 0 Å². The Bertz CT molecular complexity index is 776. The van der Waals surface area contributed by atoms with Crippen LogP contribution in [0.4, 0.5) is 0 Å². The zero-order chi connectivity index (χ0) is 14.2. The molecule has 0 spiro atoms. The van der Waals surface area contributed by atoms with Crippen LogP contribution in [0.15, 0.2) is 27.8 Å². The van der Waals surface area contributed by atoms with Crippen molar-refractivity contribution >= 4 is 28.5 Å². The number of aromatic nitrogens is 2. The standard InChI is InChI=1S/C12H11ClN2O4/c1-14-8-4-2-3-7(13)10(8)11(18)15(12(14)19)6-5-9(16)17/h2-4H,5-6H2,1H3,(H,16,17). The van der Waals surface area contributed by atoms with Gasteiger partial charge in [-0.15, -0.1) is 0 Å². The van der Waals surface area contributed by atoms with E-state index in [-0.39, 0.29) is 23.4 Å². The Morgan fingerprint density at radius 2 is 2.05 bits per heavy atom. The molecule has 19 heavy (non-hydrogen) atoms. The smallest absolute Gasteiger partial charge is 0.331 e. The van der Waals surface area contributed by atoms with E-state index in [1.807, 2.05) is 0 Å². The van der Waals surface area contributed by atoms with Gasteiger partial charge in [-0.05, 0) is 12.1 Å². The van der Waals surface area contributed by atoms with Crippen molar-refractivity contribution in [3.63, 3.8) is 0 Å². The average Bonchev–Trinajstić information content (AvgIpc) is 2.35. The van der Waals surface area contributed by atoms with Crippen LogP contribution in [0.1, 0.15) is 6.42 Å². The van der Waals surface area contributed by atoms with Crippen molar-refractivity contribution in [2.45, 2.75) is 13.0 Å². The average molecular weight is 283 g/mol. The third-order valence-electron chi connectivity index (χ3n) is 2.88. The number of carbonyl (C=O) groups is 1. The van der Waals surface area contributed by atoms with Gasteiger partial charge in [-0.1, -0.05) is 17.7 Å². The SMILES string of the molecule is Cn1c(=O)n(CCC(=O)O)c(=O)c2c(Cl)cccc21. The number of hydrogen-bond acceptors (Lipinski definition) is 3. The number of aliphatic carboxylic acids is 1. The normalized spacial score (nSPS) is 10.8. The summed E-state index contributed by atoms with van der Waals surface area (Å²) in [7, 11) is 1.51. The summed E-state index contributed by atoms with van der Waals surface area (Å²) in [5.41, 5.74) is -0.694. The first-order valence-electron chi connectivity index (χ1n) is 5.53. The van der Waals surface area contributed by atoms with Crippen molar-refractivity contribution in [3.05, 3.63) is 44.1 Å². The lowest BCUT2D eigenvalue weighted by Gasteiger charge is -2.10. The zero-order valence-corrected chi connectivity index (χ0v) is 10.8. The molecule has 0 aliphatic rings. The molecule has 0 bridgehead atoms. The lowest BCUT2D eigenvalue weighted by Crippen LogP contribution is -2.39. The number of benzene rings is 1. The number of hydrogen-bond donors (Lipinski definition) is 1. The van der Waals surface area contributed by atoms with Gasteiger partial charge >= 0.3 is 11.7 Å². The van der Waals surface area contributed by atoms with Crippen LogP contribution in [-0.2, 0) is 18.4 Å². The number of nitrogens with zero attached hydrogens (tertiary/aromatic N) is 2. The summed E-state index contributed by atoms with van der Waals surface area (Å²) in [5.74, 6) is -1.08. The minimum atomic E-state index is -1.08. The van der Waals surface area contributed by atoms with E-state index in [9.17, 15) is 14.4 Å². The van der Waals surface area contributed by atoms with E-state index in [1.165, 1.54) is 11.6 Å². The van der Waals surface area contributed by atoms with Gasteiger partial charge in [0.1, 0.15) is 0 Å². The van der Waals surface area contributed by atoms with E-state index < -0.39 is 17.2 Å². The van der Waals surface area contributed by atoms with E-state index in [1.54, 1.807) is 18.2 Å². The van der Waals surface area contributed by atoms with Gasteiger partial charge in [-0.3, -0.25) is 18.7 Å². The molecule has 1 N–H and O–H groups in total. The van der Waals surface area contributed by atoms with E-state index in [4.69, 9.17) is 16.7 Å².